The molecule has 28 nitrogen and oxygen atoms in total. The van der Waals surface area contributed by atoms with E-state index in [0.29, 0.717) is 32.8 Å². The van der Waals surface area contributed by atoms with E-state index >= 15 is 0 Å². The first-order chi connectivity index (χ1) is 42.6. The number of aliphatic hydroxyl groups is 6. The van der Waals surface area contributed by atoms with Gasteiger partial charge in [-0.05, 0) is 105 Å². The van der Waals surface area contributed by atoms with Crippen molar-refractivity contribution in [1.82, 2.24) is 36.4 Å². The second-order valence-corrected chi connectivity index (χ2v) is 23.3. The van der Waals surface area contributed by atoms with Gasteiger partial charge in [-0.15, -0.1) is 24.8 Å². The van der Waals surface area contributed by atoms with E-state index in [-0.39, 0.29) is 80.1 Å². The van der Waals surface area contributed by atoms with Crippen LogP contribution < -0.4 is 57.3 Å². The van der Waals surface area contributed by atoms with Crippen LogP contribution in [0.4, 0.5) is 11.4 Å². The van der Waals surface area contributed by atoms with Crippen molar-refractivity contribution in [3.8, 4) is 17.2 Å². The van der Waals surface area contributed by atoms with Gasteiger partial charge in [0, 0.05) is 108 Å². The number of carbonyl (C=O) groups is 7. The first-order valence-electron chi connectivity index (χ1n) is 30.5. The molecular formula is C61H91Cl2N11O17. The molecular weight excluding hydrogens is 1230 g/mol. The van der Waals surface area contributed by atoms with E-state index in [0.717, 1.165) is 59.2 Å². The molecule has 0 radical (unpaired) electrons. The van der Waals surface area contributed by atoms with Gasteiger partial charge in [0.15, 0.2) is 11.5 Å². The van der Waals surface area contributed by atoms with Crippen LogP contribution in [-0.2, 0) is 39.9 Å². The van der Waals surface area contributed by atoms with Gasteiger partial charge in [-0.3, -0.25) is 33.6 Å². The lowest BCUT2D eigenvalue weighted by Crippen LogP contribution is -2.64. The molecule has 3 aromatic rings. The van der Waals surface area contributed by atoms with Gasteiger partial charge < -0.3 is 108 Å². The second kappa shape index (κ2) is 35.8. The van der Waals surface area contributed by atoms with E-state index in [1.165, 1.54) is 25.1 Å². The van der Waals surface area contributed by atoms with Crippen molar-refractivity contribution >= 4 is 77.5 Å². The fraction of sp³-hybridized carbons (Fsp3) is 0.590. The number of β-amino-alcohol motifs (C(OH)–C–C–N with tert-alkyl or cyclic N) is 1. The number of hydrogen-bond donors (Lipinski definition) is 14. The summed E-state index contributed by atoms with van der Waals surface area (Å²) in [4.78, 5) is 108. The Morgan fingerprint density at radius 3 is 1.89 bits per heavy atom. The third-order valence-corrected chi connectivity index (χ3v) is 16.5. The first-order valence-corrected chi connectivity index (χ1v) is 30.5. The zero-order valence-corrected chi connectivity index (χ0v) is 53.1. The van der Waals surface area contributed by atoms with Gasteiger partial charge in [0.1, 0.15) is 48.6 Å². The van der Waals surface area contributed by atoms with Crippen LogP contribution in [0.1, 0.15) is 74.7 Å². The summed E-state index contributed by atoms with van der Waals surface area (Å²) in [7, 11) is 1.70. The number of nitrogens with zero attached hydrogens (tertiary/aromatic N) is 4. The van der Waals surface area contributed by atoms with Crippen molar-refractivity contribution in [2.24, 2.45) is 17.4 Å². The number of amides is 7. The standard InChI is InChI=1S/C61H89N11O17.2ClH/c1-35-33-72-53(54(35)79)59(84)64-32-41(74)30-44(65-55(80)38-9-11-39(12-10-38)69-21-23-70(24-22-69)40-13-15-43(16-14-40)88-26-7-5-4-6-25-87-3)56(81)66-50(36(2)73)60(85)71-34-42(75)31-45(71)57(82)67-51(58(83)68-52(61(72)86)47(77)18-19-62)48(78)28-37-8-17-46(76)49(29-37)89-27-20-63;;/h8-17,29,35-36,41-42,44-45,47-48,50-54,73-79H,4-7,18-28,30-34,62-63H2,1-3H3,(H,64,84)(H,65,80)(H,66,81)(H,67,82)(H,68,83);2*1H/t35-,36+,41+,42+,44-,45-,47+,48+,50-,51-,52-,53-,54-;;/m0../s1. The molecule has 4 saturated heterocycles. The van der Waals surface area contributed by atoms with Crippen LogP contribution in [0.2, 0.25) is 0 Å². The van der Waals surface area contributed by atoms with Crippen molar-refractivity contribution in [3.05, 3.63) is 77.9 Å². The van der Waals surface area contributed by atoms with Gasteiger partial charge in [0.05, 0.1) is 43.2 Å². The number of nitrogens with one attached hydrogen (secondary N) is 5. The minimum absolute atomic E-state index is 0. The maximum absolute atomic E-state index is 14.7. The van der Waals surface area contributed by atoms with Crippen molar-refractivity contribution in [1.29, 1.82) is 0 Å². The Balaban J connectivity index is 0.00000752. The van der Waals surface area contributed by atoms with Gasteiger partial charge in [0.25, 0.3) is 5.91 Å². The molecule has 4 aliphatic rings. The zero-order chi connectivity index (χ0) is 64.5. The number of ether oxygens (including phenoxy) is 3. The third kappa shape index (κ3) is 20.1. The number of aliphatic hydroxyl groups excluding tert-OH is 6. The lowest BCUT2D eigenvalue weighted by Gasteiger charge is -2.37. The number of phenols is 1. The molecule has 4 aliphatic heterocycles. The number of anilines is 2. The van der Waals surface area contributed by atoms with Crippen LogP contribution in [-0.4, -0.2) is 246 Å². The molecule has 7 rings (SSSR count). The van der Waals surface area contributed by atoms with Crippen LogP contribution in [0.5, 0.6) is 17.2 Å². The van der Waals surface area contributed by atoms with Crippen LogP contribution in [0.15, 0.2) is 66.7 Å². The Hall–Kier alpha value is -6.83. The Bertz CT molecular complexity index is 2860. The number of fused-ring (bicyclic) bond motifs is 2. The molecule has 0 aromatic heterocycles. The van der Waals surface area contributed by atoms with Crippen LogP contribution >= 0.6 is 24.8 Å². The highest BCUT2D eigenvalue weighted by atomic mass is 35.5. The van der Waals surface area contributed by atoms with Crippen molar-refractivity contribution in [3.63, 3.8) is 0 Å². The maximum atomic E-state index is 14.7. The summed E-state index contributed by atoms with van der Waals surface area (Å²) in [5.41, 5.74) is 13.6. The van der Waals surface area contributed by atoms with E-state index in [2.05, 4.69) is 36.4 Å². The average molecular weight is 1320 g/mol. The number of carbonyl (C=O) groups excluding carboxylic acids is 7. The molecule has 30 heteroatoms. The summed E-state index contributed by atoms with van der Waals surface area (Å²) in [6.07, 6.45) is -7.58. The number of benzene rings is 3. The van der Waals surface area contributed by atoms with Gasteiger partial charge in [0.2, 0.25) is 35.4 Å². The first kappa shape index (κ1) is 74.9. The van der Waals surface area contributed by atoms with Gasteiger partial charge >= 0.3 is 0 Å². The Morgan fingerprint density at radius 2 is 1.27 bits per heavy atom. The molecule has 7 amide bonds. The number of aromatic hydroxyl groups is 1. The number of piperazine rings is 1. The Kier molecular flexibility index (Phi) is 29.5. The van der Waals surface area contributed by atoms with Crippen LogP contribution in [0.25, 0.3) is 0 Å². The Morgan fingerprint density at radius 1 is 0.670 bits per heavy atom. The number of phenolic OH excluding ortho intramolecular Hbond substituents is 1. The number of hydrogen-bond acceptors (Lipinski definition) is 21. The number of unbranched alkanes of at least 4 members (excludes halogenated alkanes) is 3. The molecule has 3 aromatic carbocycles. The SMILES string of the molecule is COCCCCCCOc1ccc(N2CCN(c3ccc(C(=O)N[C@H]4C[C@@H](O)CNC(=O)[C@@H]5[C@@H](O)[C@@H](C)CN5C(=O)[C@H]([C@H](O)CCN)NC(=O)[C@H]([C@H](O)Cc5ccc(O)c(OCCN)c5)NC(=O)[C@@H]5C[C@@H](O)CN5C(=O)[C@H]([C@@H](C)O)NC4=O)cc3)CC2)cc1.Cl.Cl. The molecule has 91 heavy (non-hydrogen) atoms. The molecule has 0 aliphatic carbocycles. The summed E-state index contributed by atoms with van der Waals surface area (Å²) in [6.45, 7) is 5.28. The monoisotopic (exact) mass is 1320 g/mol. The highest BCUT2D eigenvalue weighted by Crippen LogP contribution is 2.30. The van der Waals surface area contributed by atoms with Crippen LogP contribution in [0, 0.1) is 5.92 Å². The second-order valence-electron chi connectivity index (χ2n) is 23.3. The van der Waals surface area contributed by atoms with Gasteiger partial charge in [-0.1, -0.05) is 19.4 Å². The lowest BCUT2D eigenvalue weighted by molar-refractivity contribution is -0.147. The third-order valence-electron chi connectivity index (χ3n) is 16.5. The molecule has 506 valence electrons. The van der Waals surface area contributed by atoms with E-state index in [4.69, 9.17) is 25.7 Å². The highest BCUT2D eigenvalue weighted by molar-refractivity contribution is 6.00. The molecule has 4 heterocycles. The van der Waals surface area contributed by atoms with E-state index < -0.39 is 152 Å². The summed E-state index contributed by atoms with van der Waals surface area (Å²) in [6, 6.07) is 7.77. The average Bonchev–Trinajstić information content (AvgIpc) is 1.80. The number of methoxy groups -OCH3 is 1. The smallest absolute Gasteiger partial charge is 0.251 e. The summed E-state index contributed by atoms with van der Waals surface area (Å²) >= 11 is 0. The quantitative estimate of drug-likeness (QED) is 0.0474. The lowest BCUT2D eigenvalue weighted by atomic mass is 9.98. The molecule has 0 bridgehead atoms. The predicted octanol–water partition coefficient (Wildman–Crippen LogP) is -2.22. The highest BCUT2D eigenvalue weighted by Gasteiger charge is 2.50. The normalized spacial score (nSPS) is 25.6. The number of halogens is 2. The van der Waals surface area contributed by atoms with Crippen LogP contribution in [0.3, 0.4) is 0 Å². The fourth-order valence-corrected chi connectivity index (χ4v) is 11.5. The molecule has 0 spiro atoms. The largest absolute Gasteiger partial charge is 0.504 e. The molecule has 0 unspecified atom stereocenters. The summed E-state index contributed by atoms with van der Waals surface area (Å²) in [5, 5.41) is 91.4. The molecule has 4 fully saturated rings. The number of rotatable bonds is 22. The topological polar surface area (TPSA) is 414 Å². The molecule has 0 saturated carbocycles. The minimum atomic E-state index is -2.03. The summed E-state index contributed by atoms with van der Waals surface area (Å²) < 4.78 is 16.6. The van der Waals surface area contributed by atoms with Crippen molar-refractivity contribution in [2.75, 3.05) is 95.6 Å². The maximum Gasteiger partial charge on any atom is 0.251 e. The summed E-state index contributed by atoms with van der Waals surface area (Å²) in [5.74, 6) is -7.70. The fourth-order valence-electron chi connectivity index (χ4n) is 11.5. The molecule has 13 atom stereocenters. The van der Waals surface area contributed by atoms with Crippen molar-refractivity contribution in [2.45, 2.75) is 138 Å². The van der Waals surface area contributed by atoms with E-state index in [1.807, 2.05) is 24.3 Å². The van der Waals surface area contributed by atoms with Gasteiger partial charge in [-0.2, -0.15) is 0 Å². The molecule has 16 N–H and O–H groups in total. The van der Waals surface area contributed by atoms with Gasteiger partial charge in [-0.25, -0.2) is 0 Å². The van der Waals surface area contributed by atoms with E-state index in [9.17, 15) is 69.3 Å². The Labute approximate surface area is 541 Å². The number of nitrogens with two attached hydrogens (primary N) is 2. The predicted molar refractivity (Wildman–Crippen MR) is 339 cm³/mol. The van der Waals surface area contributed by atoms with E-state index in [1.54, 1.807) is 38.3 Å². The van der Waals surface area contributed by atoms with Crippen molar-refractivity contribution < 1.29 is 83.5 Å². The minimum Gasteiger partial charge on any atom is -0.504 e. The zero-order valence-electron chi connectivity index (χ0n) is 51.5.